The molecule has 118 valence electrons. The van der Waals surface area contributed by atoms with Crippen molar-refractivity contribution in [3.63, 3.8) is 0 Å². The van der Waals surface area contributed by atoms with E-state index in [1.165, 1.54) is 5.56 Å². The SMILES string of the molecule is CC(C)Oc1cccc(CN2CCN(CCCN)CC2)c1. The Hall–Kier alpha value is -1.10. The normalized spacial score (nSPS) is 17.3. The first-order valence-corrected chi connectivity index (χ1v) is 8.08. The molecule has 0 bridgehead atoms. The lowest BCUT2D eigenvalue weighted by Crippen LogP contribution is -2.46. The van der Waals surface area contributed by atoms with Crippen molar-refractivity contribution in [3.8, 4) is 5.75 Å². The van der Waals surface area contributed by atoms with Gasteiger partial charge in [-0.3, -0.25) is 4.90 Å². The summed E-state index contributed by atoms with van der Waals surface area (Å²) in [5.41, 5.74) is 6.91. The molecule has 1 aromatic carbocycles. The topological polar surface area (TPSA) is 41.7 Å². The second-order valence-corrected chi connectivity index (χ2v) is 6.07. The molecule has 1 aromatic rings. The first-order chi connectivity index (χ1) is 10.2. The fourth-order valence-corrected chi connectivity index (χ4v) is 2.73. The second kappa shape index (κ2) is 8.37. The Morgan fingerprint density at radius 2 is 1.86 bits per heavy atom. The molecule has 0 aliphatic carbocycles. The van der Waals surface area contributed by atoms with Crippen LogP contribution in [0.5, 0.6) is 5.75 Å². The van der Waals surface area contributed by atoms with Crippen molar-refractivity contribution in [2.24, 2.45) is 5.73 Å². The number of nitrogens with two attached hydrogens (primary N) is 1. The average Bonchev–Trinajstić information content (AvgIpc) is 2.46. The molecule has 0 radical (unpaired) electrons. The van der Waals surface area contributed by atoms with Gasteiger partial charge >= 0.3 is 0 Å². The van der Waals surface area contributed by atoms with E-state index in [0.717, 1.165) is 58.0 Å². The van der Waals surface area contributed by atoms with E-state index in [4.69, 9.17) is 10.5 Å². The Morgan fingerprint density at radius 1 is 1.14 bits per heavy atom. The third kappa shape index (κ3) is 5.65. The van der Waals surface area contributed by atoms with Gasteiger partial charge in [0.15, 0.2) is 0 Å². The summed E-state index contributed by atoms with van der Waals surface area (Å²) in [5, 5.41) is 0. The summed E-state index contributed by atoms with van der Waals surface area (Å²) >= 11 is 0. The van der Waals surface area contributed by atoms with Crippen LogP contribution in [0.25, 0.3) is 0 Å². The maximum absolute atomic E-state index is 5.77. The monoisotopic (exact) mass is 291 g/mol. The van der Waals surface area contributed by atoms with Crippen LogP contribution < -0.4 is 10.5 Å². The molecule has 1 saturated heterocycles. The maximum Gasteiger partial charge on any atom is 0.120 e. The van der Waals surface area contributed by atoms with Crippen molar-refractivity contribution in [3.05, 3.63) is 29.8 Å². The molecular formula is C17H29N3O. The molecule has 1 aliphatic heterocycles. The highest BCUT2D eigenvalue weighted by Crippen LogP contribution is 2.17. The zero-order chi connectivity index (χ0) is 15.1. The van der Waals surface area contributed by atoms with Gasteiger partial charge in [0.2, 0.25) is 0 Å². The Bertz CT molecular complexity index is 414. The summed E-state index contributed by atoms with van der Waals surface area (Å²) in [6.07, 6.45) is 1.33. The summed E-state index contributed by atoms with van der Waals surface area (Å²) in [6, 6.07) is 8.48. The Morgan fingerprint density at radius 3 is 2.52 bits per heavy atom. The van der Waals surface area contributed by atoms with Crippen molar-refractivity contribution in [2.45, 2.75) is 32.9 Å². The van der Waals surface area contributed by atoms with Gasteiger partial charge in [-0.25, -0.2) is 0 Å². The third-order valence-corrected chi connectivity index (χ3v) is 3.82. The van der Waals surface area contributed by atoms with E-state index in [9.17, 15) is 0 Å². The predicted octanol–water partition coefficient (Wildman–Crippen LogP) is 1.94. The second-order valence-electron chi connectivity index (χ2n) is 6.07. The molecule has 1 heterocycles. The minimum absolute atomic E-state index is 0.228. The number of ether oxygens (including phenoxy) is 1. The molecule has 0 atom stereocenters. The van der Waals surface area contributed by atoms with Gasteiger partial charge in [-0.2, -0.15) is 0 Å². The summed E-state index contributed by atoms with van der Waals surface area (Å²) in [5.74, 6) is 0.976. The molecule has 0 unspecified atom stereocenters. The van der Waals surface area contributed by atoms with Gasteiger partial charge in [-0.15, -0.1) is 0 Å². The third-order valence-electron chi connectivity index (χ3n) is 3.82. The van der Waals surface area contributed by atoms with Gasteiger partial charge in [-0.1, -0.05) is 12.1 Å². The van der Waals surface area contributed by atoms with E-state index in [1.807, 2.05) is 6.07 Å². The van der Waals surface area contributed by atoms with Crippen LogP contribution >= 0.6 is 0 Å². The van der Waals surface area contributed by atoms with Crippen molar-refractivity contribution in [2.75, 3.05) is 39.3 Å². The lowest BCUT2D eigenvalue weighted by molar-refractivity contribution is 0.126. The van der Waals surface area contributed by atoms with E-state index in [1.54, 1.807) is 0 Å². The minimum atomic E-state index is 0.228. The van der Waals surface area contributed by atoms with Crippen molar-refractivity contribution < 1.29 is 4.74 Å². The number of hydrogen-bond acceptors (Lipinski definition) is 4. The van der Waals surface area contributed by atoms with Crippen LogP contribution in [0.15, 0.2) is 24.3 Å². The molecule has 0 spiro atoms. The van der Waals surface area contributed by atoms with E-state index < -0.39 is 0 Å². The van der Waals surface area contributed by atoms with Gasteiger partial charge < -0.3 is 15.4 Å². The number of hydrogen-bond donors (Lipinski definition) is 1. The van der Waals surface area contributed by atoms with Crippen LogP contribution in [0.4, 0.5) is 0 Å². The predicted molar refractivity (Wildman–Crippen MR) is 87.6 cm³/mol. The Labute approximate surface area is 128 Å². The molecule has 4 nitrogen and oxygen atoms in total. The van der Waals surface area contributed by atoms with Crippen LogP contribution in [-0.2, 0) is 6.54 Å². The number of benzene rings is 1. The van der Waals surface area contributed by atoms with E-state index >= 15 is 0 Å². The molecule has 21 heavy (non-hydrogen) atoms. The van der Waals surface area contributed by atoms with Gasteiger partial charge in [0.25, 0.3) is 0 Å². The first kappa shape index (κ1) is 16.3. The largest absolute Gasteiger partial charge is 0.491 e. The van der Waals surface area contributed by atoms with Gasteiger partial charge in [0.1, 0.15) is 5.75 Å². The van der Waals surface area contributed by atoms with E-state index in [0.29, 0.717) is 0 Å². The highest BCUT2D eigenvalue weighted by atomic mass is 16.5. The molecule has 2 rings (SSSR count). The molecule has 0 saturated carbocycles. The fourth-order valence-electron chi connectivity index (χ4n) is 2.73. The maximum atomic E-state index is 5.77. The molecule has 4 heteroatoms. The fraction of sp³-hybridized carbons (Fsp3) is 0.647. The minimum Gasteiger partial charge on any atom is -0.491 e. The molecular weight excluding hydrogens is 262 g/mol. The van der Waals surface area contributed by atoms with Gasteiger partial charge in [0, 0.05) is 32.7 Å². The number of rotatable bonds is 7. The van der Waals surface area contributed by atoms with E-state index in [-0.39, 0.29) is 6.10 Å². The van der Waals surface area contributed by atoms with Crippen LogP contribution in [-0.4, -0.2) is 55.2 Å². The van der Waals surface area contributed by atoms with Crippen LogP contribution in [0.2, 0.25) is 0 Å². The lowest BCUT2D eigenvalue weighted by atomic mass is 10.2. The quantitative estimate of drug-likeness (QED) is 0.833. The van der Waals surface area contributed by atoms with Crippen molar-refractivity contribution in [1.29, 1.82) is 0 Å². The smallest absolute Gasteiger partial charge is 0.120 e. The highest BCUT2D eigenvalue weighted by Gasteiger charge is 2.16. The van der Waals surface area contributed by atoms with Gasteiger partial charge in [-0.05, 0) is 51.1 Å². The summed E-state index contributed by atoms with van der Waals surface area (Å²) in [6.45, 7) is 11.7. The zero-order valence-corrected chi connectivity index (χ0v) is 13.4. The Balaban J connectivity index is 1.80. The summed E-state index contributed by atoms with van der Waals surface area (Å²) < 4.78 is 5.77. The molecule has 0 amide bonds. The first-order valence-electron chi connectivity index (χ1n) is 8.08. The van der Waals surface area contributed by atoms with Crippen molar-refractivity contribution >= 4 is 0 Å². The van der Waals surface area contributed by atoms with Crippen LogP contribution in [0.1, 0.15) is 25.8 Å². The zero-order valence-electron chi connectivity index (χ0n) is 13.4. The standard InChI is InChI=1S/C17H29N3O/c1-15(2)21-17-6-3-5-16(13-17)14-20-11-9-19(10-12-20)8-4-7-18/h3,5-6,13,15H,4,7-12,14,18H2,1-2H3. The van der Waals surface area contributed by atoms with Crippen LogP contribution in [0, 0.1) is 0 Å². The van der Waals surface area contributed by atoms with Crippen LogP contribution in [0.3, 0.4) is 0 Å². The molecule has 1 aliphatic rings. The molecule has 2 N–H and O–H groups in total. The molecule has 0 aromatic heterocycles. The van der Waals surface area contributed by atoms with E-state index in [2.05, 4.69) is 41.8 Å². The summed E-state index contributed by atoms with van der Waals surface area (Å²) in [4.78, 5) is 5.04. The average molecular weight is 291 g/mol. The van der Waals surface area contributed by atoms with Crippen molar-refractivity contribution in [1.82, 2.24) is 9.80 Å². The Kier molecular flexibility index (Phi) is 6.49. The highest BCUT2D eigenvalue weighted by molar-refractivity contribution is 5.28. The lowest BCUT2D eigenvalue weighted by Gasteiger charge is -2.34. The number of nitrogens with zero attached hydrogens (tertiary/aromatic N) is 2. The number of piperazine rings is 1. The summed E-state index contributed by atoms with van der Waals surface area (Å²) in [7, 11) is 0. The molecule has 1 fully saturated rings. The van der Waals surface area contributed by atoms with Gasteiger partial charge in [0.05, 0.1) is 6.10 Å².